The van der Waals surface area contributed by atoms with Gasteiger partial charge in [0, 0.05) is 0 Å². The van der Waals surface area contributed by atoms with E-state index in [4.69, 9.17) is 0 Å². The summed E-state index contributed by atoms with van der Waals surface area (Å²) < 4.78 is 23.9. The van der Waals surface area contributed by atoms with Gasteiger partial charge in [0.1, 0.15) is 0 Å². The Bertz CT molecular complexity index is 150. The SMILES string of the molecule is C=CCCCCC(F)C(=O)NF. The Balaban J connectivity index is 3.36. The number of nitrogens with one attached hydrogen (secondary N) is 1. The molecule has 0 heterocycles. The van der Waals surface area contributed by atoms with Crippen molar-refractivity contribution in [1.82, 2.24) is 5.54 Å². The van der Waals surface area contributed by atoms with Crippen molar-refractivity contribution in [3.8, 4) is 0 Å². The lowest BCUT2D eigenvalue weighted by Gasteiger charge is -2.02. The van der Waals surface area contributed by atoms with Crippen LogP contribution in [0, 0.1) is 0 Å². The third-order valence-electron chi connectivity index (χ3n) is 1.49. The molecule has 0 aromatic heterocycles. The summed E-state index contributed by atoms with van der Waals surface area (Å²) >= 11 is 0. The zero-order valence-electron chi connectivity index (χ0n) is 6.85. The van der Waals surface area contributed by atoms with Crippen LogP contribution in [0.3, 0.4) is 0 Å². The van der Waals surface area contributed by atoms with Gasteiger partial charge in [-0.1, -0.05) is 6.08 Å². The van der Waals surface area contributed by atoms with E-state index in [1.165, 1.54) is 0 Å². The minimum atomic E-state index is -1.72. The molecule has 12 heavy (non-hydrogen) atoms. The molecule has 0 radical (unpaired) electrons. The predicted molar refractivity (Wildman–Crippen MR) is 42.8 cm³/mol. The first-order valence-electron chi connectivity index (χ1n) is 3.87. The molecule has 4 heteroatoms. The molecule has 0 saturated heterocycles. The van der Waals surface area contributed by atoms with Gasteiger partial charge in [0.25, 0.3) is 5.91 Å². The fourth-order valence-corrected chi connectivity index (χ4v) is 0.803. The molecule has 1 amide bonds. The number of hydrogen-bond donors (Lipinski definition) is 1. The number of allylic oxidation sites excluding steroid dienone is 1. The second kappa shape index (κ2) is 6.76. The molecule has 0 aromatic rings. The average molecular weight is 177 g/mol. The van der Waals surface area contributed by atoms with E-state index in [2.05, 4.69) is 6.58 Å². The molecule has 0 aliphatic rings. The lowest BCUT2D eigenvalue weighted by Crippen LogP contribution is -2.25. The fourth-order valence-electron chi connectivity index (χ4n) is 0.803. The van der Waals surface area contributed by atoms with E-state index in [1.807, 2.05) is 0 Å². The molecule has 0 spiro atoms. The van der Waals surface area contributed by atoms with Crippen LogP contribution in [0.5, 0.6) is 0 Å². The molecule has 1 atom stereocenters. The Labute approximate surface area is 70.6 Å². The van der Waals surface area contributed by atoms with Gasteiger partial charge in [0.2, 0.25) is 0 Å². The van der Waals surface area contributed by atoms with Gasteiger partial charge in [0.05, 0.1) is 0 Å². The van der Waals surface area contributed by atoms with Crippen LogP contribution < -0.4 is 5.54 Å². The van der Waals surface area contributed by atoms with Crippen molar-refractivity contribution >= 4 is 5.91 Å². The second-order valence-corrected chi connectivity index (χ2v) is 2.50. The quantitative estimate of drug-likeness (QED) is 0.375. The van der Waals surface area contributed by atoms with Crippen LogP contribution in [0.25, 0.3) is 0 Å². The average Bonchev–Trinajstić information content (AvgIpc) is 2.10. The smallest absolute Gasteiger partial charge is 0.269 e. The molecule has 1 unspecified atom stereocenters. The fraction of sp³-hybridized carbons (Fsp3) is 0.625. The van der Waals surface area contributed by atoms with Gasteiger partial charge < -0.3 is 0 Å². The summed E-state index contributed by atoms with van der Waals surface area (Å²) in [5.41, 5.74) is 0.772. The minimum Gasteiger partial charge on any atom is -0.269 e. The molecule has 0 fully saturated rings. The number of amides is 1. The van der Waals surface area contributed by atoms with E-state index in [0.29, 0.717) is 6.42 Å². The van der Waals surface area contributed by atoms with Gasteiger partial charge in [-0.25, -0.2) is 4.39 Å². The Hall–Kier alpha value is -0.930. The van der Waals surface area contributed by atoms with E-state index in [9.17, 15) is 13.7 Å². The highest BCUT2D eigenvalue weighted by Gasteiger charge is 2.15. The number of halogens is 2. The first-order valence-corrected chi connectivity index (χ1v) is 3.87. The zero-order valence-corrected chi connectivity index (χ0v) is 6.85. The van der Waals surface area contributed by atoms with Crippen molar-refractivity contribution in [3.63, 3.8) is 0 Å². The lowest BCUT2D eigenvalue weighted by atomic mass is 10.1. The highest BCUT2D eigenvalue weighted by atomic mass is 19.2. The predicted octanol–water partition coefficient (Wildman–Crippen LogP) is 2.07. The molecule has 1 N–H and O–H groups in total. The third kappa shape index (κ3) is 4.82. The van der Waals surface area contributed by atoms with E-state index in [0.717, 1.165) is 18.4 Å². The van der Waals surface area contributed by atoms with E-state index >= 15 is 0 Å². The van der Waals surface area contributed by atoms with Crippen LogP contribution >= 0.6 is 0 Å². The summed E-state index contributed by atoms with van der Waals surface area (Å²) in [6.07, 6.45) is 2.22. The Kier molecular flexibility index (Phi) is 6.24. The van der Waals surface area contributed by atoms with Crippen LogP contribution in [0.15, 0.2) is 12.7 Å². The molecular weight excluding hydrogens is 164 g/mol. The molecule has 0 aliphatic heterocycles. The summed E-state index contributed by atoms with van der Waals surface area (Å²) in [5, 5.41) is 0. The van der Waals surface area contributed by atoms with Crippen LogP contribution in [-0.4, -0.2) is 12.1 Å². The second-order valence-electron chi connectivity index (χ2n) is 2.50. The Morgan fingerprint density at radius 3 is 2.75 bits per heavy atom. The number of hydrogen-bond acceptors (Lipinski definition) is 1. The summed E-state index contributed by atoms with van der Waals surface area (Å²) in [6, 6.07) is 0. The number of carbonyl (C=O) groups excluding carboxylic acids is 1. The maximum absolute atomic E-state index is 12.5. The monoisotopic (exact) mass is 177 g/mol. The highest BCUT2D eigenvalue weighted by Crippen LogP contribution is 2.06. The first-order chi connectivity index (χ1) is 5.72. The molecule has 70 valence electrons. The van der Waals surface area contributed by atoms with E-state index in [-0.39, 0.29) is 6.42 Å². The van der Waals surface area contributed by atoms with Gasteiger partial charge in [-0.05, 0) is 25.7 Å². The molecule has 0 rings (SSSR count). The van der Waals surface area contributed by atoms with Crippen LogP contribution in [0.1, 0.15) is 25.7 Å². The number of alkyl halides is 1. The standard InChI is InChI=1S/C8H13F2NO/c1-2-3-4-5-6-7(9)8(12)11-10/h2,7H,1,3-6H2,(H,11,12). The maximum atomic E-state index is 12.5. The van der Waals surface area contributed by atoms with Gasteiger partial charge >= 0.3 is 0 Å². The molecular formula is C8H13F2NO. The molecule has 2 nitrogen and oxygen atoms in total. The topological polar surface area (TPSA) is 29.1 Å². The first kappa shape index (κ1) is 11.1. The summed E-state index contributed by atoms with van der Waals surface area (Å²) in [7, 11) is 0. The van der Waals surface area contributed by atoms with Crippen LogP contribution in [0.2, 0.25) is 0 Å². The van der Waals surface area contributed by atoms with Crippen molar-refractivity contribution in [1.29, 1.82) is 0 Å². The van der Waals surface area contributed by atoms with Crippen molar-refractivity contribution in [3.05, 3.63) is 12.7 Å². The number of rotatable bonds is 6. The van der Waals surface area contributed by atoms with Gasteiger partial charge in [-0.3, -0.25) is 4.79 Å². The van der Waals surface area contributed by atoms with Crippen molar-refractivity contribution in [2.45, 2.75) is 31.9 Å². The van der Waals surface area contributed by atoms with Crippen molar-refractivity contribution in [2.24, 2.45) is 0 Å². The number of unbranched alkanes of at least 4 members (excludes halogenated alkanes) is 2. The summed E-state index contributed by atoms with van der Waals surface area (Å²) in [6.45, 7) is 3.50. The largest absolute Gasteiger partial charge is 0.282 e. The minimum absolute atomic E-state index is 0.0730. The molecule has 0 bridgehead atoms. The molecule has 0 aliphatic carbocycles. The normalized spacial score (nSPS) is 12.2. The zero-order chi connectivity index (χ0) is 9.40. The number of carbonyl (C=O) groups is 1. The highest BCUT2D eigenvalue weighted by molar-refractivity contribution is 5.79. The van der Waals surface area contributed by atoms with Gasteiger partial charge in [0.15, 0.2) is 6.17 Å². The van der Waals surface area contributed by atoms with Crippen LogP contribution in [-0.2, 0) is 4.79 Å². The van der Waals surface area contributed by atoms with Gasteiger partial charge in [-0.15, -0.1) is 11.1 Å². The molecule has 0 saturated carbocycles. The van der Waals surface area contributed by atoms with Crippen molar-refractivity contribution in [2.75, 3.05) is 0 Å². The lowest BCUT2D eigenvalue weighted by molar-refractivity contribution is -0.130. The third-order valence-corrected chi connectivity index (χ3v) is 1.49. The maximum Gasteiger partial charge on any atom is 0.282 e. The summed E-state index contributed by atoms with van der Waals surface area (Å²) in [4.78, 5) is 10.3. The summed E-state index contributed by atoms with van der Waals surface area (Å²) in [5.74, 6) is -1.19. The van der Waals surface area contributed by atoms with E-state index < -0.39 is 12.1 Å². The Morgan fingerprint density at radius 2 is 2.25 bits per heavy atom. The van der Waals surface area contributed by atoms with Crippen LogP contribution in [0.4, 0.5) is 8.87 Å². The van der Waals surface area contributed by atoms with E-state index in [1.54, 1.807) is 6.08 Å². The molecule has 0 aromatic carbocycles. The van der Waals surface area contributed by atoms with Crippen molar-refractivity contribution < 1.29 is 13.7 Å². The Morgan fingerprint density at radius 1 is 1.58 bits per heavy atom. The van der Waals surface area contributed by atoms with Gasteiger partial charge in [-0.2, -0.15) is 5.54 Å².